The second-order valence-corrected chi connectivity index (χ2v) is 5.75. The van der Waals surface area contributed by atoms with Crippen LogP contribution in [0.3, 0.4) is 0 Å². The van der Waals surface area contributed by atoms with Crippen LogP contribution in [0.5, 0.6) is 0 Å². The second kappa shape index (κ2) is 5.34. The van der Waals surface area contributed by atoms with Crippen molar-refractivity contribution in [2.45, 2.75) is 16.8 Å². The SMILES string of the molecule is Cc1cc(Sc2ccc(C(=O)O)c(Br)c2F)n(C)n1. The lowest BCUT2D eigenvalue weighted by molar-refractivity contribution is 0.0695. The smallest absolute Gasteiger partial charge is 0.336 e. The molecule has 0 fully saturated rings. The molecule has 0 saturated carbocycles. The Balaban J connectivity index is 2.39. The first kappa shape index (κ1) is 14.1. The van der Waals surface area contributed by atoms with Gasteiger partial charge >= 0.3 is 5.97 Å². The zero-order valence-corrected chi connectivity index (χ0v) is 12.5. The summed E-state index contributed by atoms with van der Waals surface area (Å²) in [6.07, 6.45) is 0. The van der Waals surface area contributed by atoms with Crippen LogP contribution in [0.15, 0.2) is 32.6 Å². The van der Waals surface area contributed by atoms with E-state index in [-0.39, 0.29) is 10.0 Å². The van der Waals surface area contributed by atoms with E-state index < -0.39 is 11.8 Å². The van der Waals surface area contributed by atoms with Crippen LogP contribution >= 0.6 is 27.7 Å². The number of halogens is 2. The van der Waals surface area contributed by atoms with Crippen molar-refractivity contribution in [1.29, 1.82) is 0 Å². The Kier molecular flexibility index (Phi) is 3.96. The second-order valence-electron chi connectivity index (χ2n) is 3.89. The quantitative estimate of drug-likeness (QED) is 0.925. The normalized spacial score (nSPS) is 10.7. The molecule has 0 radical (unpaired) electrons. The van der Waals surface area contributed by atoms with Gasteiger partial charge in [0.25, 0.3) is 0 Å². The molecule has 7 heteroatoms. The van der Waals surface area contributed by atoms with Crippen molar-refractivity contribution in [2.75, 3.05) is 0 Å². The van der Waals surface area contributed by atoms with Crippen LogP contribution < -0.4 is 0 Å². The van der Waals surface area contributed by atoms with Gasteiger partial charge in [-0.3, -0.25) is 4.68 Å². The predicted octanol–water partition coefficient (Wildman–Crippen LogP) is 3.48. The number of carbonyl (C=O) groups is 1. The van der Waals surface area contributed by atoms with Crippen LogP contribution in [0, 0.1) is 12.7 Å². The standard InChI is InChI=1S/C12H10BrFN2O2S/c1-6-5-9(16(2)15-6)19-8-4-3-7(12(17)18)10(13)11(8)14/h3-5H,1-2H3,(H,17,18). The van der Waals surface area contributed by atoms with Crippen LogP contribution in [0.4, 0.5) is 4.39 Å². The van der Waals surface area contributed by atoms with Crippen molar-refractivity contribution < 1.29 is 14.3 Å². The maximum atomic E-state index is 14.1. The van der Waals surface area contributed by atoms with Gasteiger partial charge in [-0.15, -0.1) is 0 Å². The number of aromatic carboxylic acids is 1. The molecule has 0 unspecified atom stereocenters. The van der Waals surface area contributed by atoms with E-state index in [0.717, 1.165) is 10.7 Å². The third-order valence-corrected chi connectivity index (χ3v) is 4.35. The lowest BCUT2D eigenvalue weighted by Gasteiger charge is -2.07. The lowest BCUT2D eigenvalue weighted by Crippen LogP contribution is -2.00. The van der Waals surface area contributed by atoms with Gasteiger partial charge in [0.2, 0.25) is 0 Å². The molecule has 0 aliphatic rings. The molecule has 1 aromatic heterocycles. The Bertz CT molecular complexity index is 657. The lowest BCUT2D eigenvalue weighted by atomic mass is 10.2. The van der Waals surface area contributed by atoms with Gasteiger partial charge in [-0.1, -0.05) is 11.8 Å². The molecule has 0 saturated heterocycles. The van der Waals surface area contributed by atoms with E-state index in [0.29, 0.717) is 4.90 Å². The van der Waals surface area contributed by atoms with Crippen molar-refractivity contribution >= 4 is 33.7 Å². The number of aryl methyl sites for hydroxylation is 2. The Hall–Kier alpha value is -1.34. The van der Waals surface area contributed by atoms with Gasteiger partial charge in [0.05, 0.1) is 25.7 Å². The molecule has 0 spiro atoms. The van der Waals surface area contributed by atoms with Crippen LogP contribution in [-0.4, -0.2) is 20.9 Å². The van der Waals surface area contributed by atoms with Crippen molar-refractivity contribution in [1.82, 2.24) is 9.78 Å². The highest BCUT2D eigenvalue weighted by Crippen LogP contribution is 2.34. The topological polar surface area (TPSA) is 55.1 Å². The molecule has 0 amide bonds. The molecule has 0 aliphatic heterocycles. The van der Waals surface area contributed by atoms with Gasteiger partial charge in [0, 0.05) is 7.05 Å². The van der Waals surface area contributed by atoms with Gasteiger partial charge in [-0.05, 0) is 41.1 Å². The maximum absolute atomic E-state index is 14.1. The first-order valence-corrected chi connectivity index (χ1v) is 6.91. The summed E-state index contributed by atoms with van der Waals surface area (Å²) in [5.41, 5.74) is 0.745. The highest BCUT2D eigenvalue weighted by atomic mass is 79.9. The number of aromatic nitrogens is 2. The number of hydrogen-bond donors (Lipinski definition) is 1. The summed E-state index contributed by atoms with van der Waals surface area (Å²) < 4.78 is 15.7. The Morgan fingerprint density at radius 1 is 1.53 bits per heavy atom. The average Bonchev–Trinajstić information content (AvgIpc) is 2.63. The van der Waals surface area contributed by atoms with Gasteiger partial charge in [0.1, 0.15) is 0 Å². The maximum Gasteiger partial charge on any atom is 0.336 e. The van der Waals surface area contributed by atoms with Crippen LogP contribution in [-0.2, 0) is 7.05 Å². The minimum Gasteiger partial charge on any atom is -0.478 e. The van der Waals surface area contributed by atoms with E-state index in [1.807, 2.05) is 13.0 Å². The fraction of sp³-hybridized carbons (Fsp3) is 0.167. The van der Waals surface area contributed by atoms with E-state index in [1.54, 1.807) is 11.7 Å². The number of rotatable bonds is 3. The first-order chi connectivity index (χ1) is 8.90. The molecule has 4 nitrogen and oxygen atoms in total. The fourth-order valence-corrected chi connectivity index (χ4v) is 3.17. The van der Waals surface area contributed by atoms with Crippen LogP contribution in [0.25, 0.3) is 0 Å². The molecule has 0 bridgehead atoms. The van der Waals surface area contributed by atoms with Crippen molar-refractivity contribution in [3.8, 4) is 0 Å². The first-order valence-electron chi connectivity index (χ1n) is 5.30. The number of carboxylic acid groups (broad SMARTS) is 1. The van der Waals surface area contributed by atoms with Crippen LogP contribution in [0.1, 0.15) is 16.1 Å². The average molecular weight is 345 g/mol. The molecule has 2 rings (SSSR count). The molecular formula is C12H10BrFN2O2S. The molecular weight excluding hydrogens is 335 g/mol. The highest BCUT2D eigenvalue weighted by molar-refractivity contribution is 9.10. The fourth-order valence-electron chi connectivity index (χ4n) is 1.57. The van der Waals surface area contributed by atoms with Gasteiger partial charge in [0.15, 0.2) is 5.82 Å². The molecule has 1 heterocycles. The summed E-state index contributed by atoms with van der Waals surface area (Å²) >= 11 is 4.18. The largest absolute Gasteiger partial charge is 0.478 e. The van der Waals surface area contributed by atoms with E-state index in [2.05, 4.69) is 21.0 Å². The van der Waals surface area contributed by atoms with Crippen molar-refractivity contribution in [3.63, 3.8) is 0 Å². The van der Waals surface area contributed by atoms with Gasteiger partial charge in [-0.25, -0.2) is 9.18 Å². The minimum atomic E-state index is -1.17. The summed E-state index contributed by atoms with van der Waals surface area (Å²) in [4.78, 5) is 11.2. The monoisotopic (exact) mass is 344 g/mol. The van der Waals surface area contributed by atoms with E-state index in [4.69, 9.17) is 5.11 Å². The predicted molar refractivity (Wildman–Crippen MR) is 73.1 cm³/mol. The Morgan fingerprint density at radius 3 is 2.74 bits per heavy atom. The Labute approximate surface area is 121 Å². The molecule has 1 aromatic carbocycles. The number of nitrogens with zero attached hydrogens (tertiary/aromatic N) is 2. The van der Waals surface area contributed by atoms with Crippen molar-refractivity contribution in [2.24, 2.45) is 7.05 Å². The molecule has 1 N–H and O–H groups in total. The highest BCUT2D eigenvalue weighted by Gasteiger charge is 2.17. The zero-order chi connectivity index (χ0) is 14.2. The summed E-state index contributed by atoms with van der Waals surface area (Å²) in [5, 5.41) is 13.9. The van der Waals surface area contributed by atoms with Gasteiger partial charge in [-0.2, -0.15) is 5.10 Å². The molecule has 0 atom stereocenters. The summed E-state index contributed by atoms with van der Waals surface area (Å²) in [6.45, 7) is 1.85. The number of carboxylic acids is 1. The Morgan fingerprint density at radius 2 is 2.21 bits per heavy atom. The molecule has 2 aromatic rings. The third kappa shape index (κ3) is 2.82. The molecule has 0 aliphatic carbocycles. The van der Waals surface area contributed by atoms with Crippen molar-refractivity contribution in [3.05, 3.63) is 39.7 Å². The third-order valence-electron chi connectivity index (χ3n) is 2.45. The van der Waals surface area contributed by atoms with Crippen LogP contribution in [0.2, 0.25) is 0 Å². The van der Waals surface area contributed by atoms with E-state index in [9.17, 15) is 9.18 Å². The summed E-state index contributed by atoms with van der Waals surface area (Å²) in [5.74, 6) is -1.75. The van der Waals surface area contributed by atoms with E-state index >= 15 is 0 Å². The summed E-state index contributed by atoms with van der Waals surface area (Å²) in [7, 11) is 1.77. The van der Waals surface area contributed by atoms with Gasteiger partial charge < -0.3 is 5.11 Å². The molecule has 19 heavy (non-hydrogen) atoms. The number of hydrogen-bond acceptors (Lipinski definition) is 3. The summed E-state index contributed by atoms with van der Waals surface area (Å²) in [6, 6.07) is 4.67. The molecule has 100 valence electrons. The zero-order valence-electron chi connectivity index (χ0n) is 10.1. The number of benzene rings is 1. The van der Waals surface area contributed by atoms with E-state index in [1.165, 1.54) is 23.9 Å². The minimum absolute atomic E-state index is 0.0381.